The first-order chi connectivity index (χ1) is 6.95. The third-order valence-electron chi connectivity index (χ3n) is 2.13. The standard InChI is InChI=1S/C10H12ClNO3/c1-5-3-2-4-6(7(5)11)8(13)9(14)10(12)15/h2-4,8-9,13-14H,1H3,(H2,12,15). The summed E-state index contributed by atoms with van der Waals surface area (Å²) < 4.78 is 0. The van der Waals surface area contributed by atoms with Gasteiger partial charge in [0.05, 0.1) is 0 Å². The Morgan fingerprint density at radius 2 is 2.07 bits per heavy atom. The Morgan fingerprint density at radius 3 is 2.60 bits per heavy atom. The van der Waals surface area contributed by atoms with Gasteiger partial charge >= 0.3 is 0 Å². The number of aryl methyl sites for hydroxylation is 1. The van der Waals surface area contributed by atoms with Crippen LogP contribution in [0.3, 0.4) is 0 Å². The third-order valence-corrected chi connectivity index (χ3v) is 2.65. The molecule has 0 heterocycles. The highest BCUT2D eigenvalue weighted by Crippen LogP contribution is 2.27. The van der Waals surface area contributed by atoms with Gasteiger partial charge in [-0.15, -0.1) is 0 Å². The van der Waals surface area contributed by atoms with Crippen LogP contribution in [-0.2, 0) is 4.79 Å². The summed E-state index contributed by atoms with van der Waals surface area (Å²) in [6.45, 7) is 1.76. The van der Waals surface area contributed by atoms with Gasteiger partial charge < -0.3 is 15.9 Å². The number of primary amides is 1. The van der Waals surface area contributed by atoms with Gasteiger partial charge in [0, 0.05) is 10.6 Å². The van der Waals surface area contributed by atoms with E-state index in [4.69, 9.17) is 17.3 Å². The SMILES string of the molecule is Cc1cccc(C(O)C(O)C(N)=O)c1Cl. The molecule has 1 aromatic carbocycles. The quantitative estimate of drug-likeness (QED) is 0.707. The molecule has 1 rings (SSSR count). The Hall–Kier alpha value is -1.10. The number of aliphatic hydroxyl groups is 2. The average Bonchev–Trinajstić information content (AvgIpc) is 2.20. The van der Waals surface area contributed by atoms with Crippen LogP contribution < -0.4 is 5.73 Å². The van der Waals surface area contributed by atoms with E-state index in [1.54, 1.807) is 19.1 Å². The van der Waals surface area contributed by atoms with Gasteiger partial charge in [-0.25, -0.2) is 0 Å². The lowest BCUT2D eigenvalue weighted by Gasteiger charge is -2.17. The highest BCUT2D eigenvalue weighted by Gasteiger charge is 2.25. The van der Waals surface area contributed by atoms with Crippen molar-refractivity contribution >= 4 is 17.5 Å². The van der Waals surface area contributed by atoms with Crippen LogP contribution in [0.5, 0.6) is 0 Å². The first-order valence-electron chi connectivity index (χ1n) is 4.35. The molecule has 2 unspecified atom stereocenters. The van der Waals surface area contributed by atoms with E-state index in [0.29, 0.717) is 10.6 Å². The van der Waals surface area contributed by atoms with Gasteiger partial charge in [-0.3, -0.25) is 4.79 Å². The number of nitrogens with two attached hydrogens (primary N) is 1. The van der Waals surface area contributed by atoms with Gasteiger partial charge in [-0.1, -0.05) is 29.8 Å². The van der Waals surface area contributed by atoms with Gasteiger partial charge in [0.2, 0.25) is 5.91 Å². The van der Waals surface area contributed by atoms with Gasteiger partial charge in [0.15, 0.2) is 6.10 Å². The zero-order chi connectivity index (χ0) is 11.6. The van der Waals surface area contributed by atoms with Crippen molar-refractivity contribution in [2.75, 3.05) is 0 Å². The Kier molecular flexibility index (Phi) is 3.68. The number of hydrogen-bond donors (Lipinski definition) is 3. The predicted molar refractivity (Wildman–Crippen MR) is 56.4 cm³/mol. The van der Waals surface area contributed by atoms with Gasteiger partial charge in [0.25, 0.3) is 0 Å². The van der Waals surface area contributed by atoms with Crippen molar-refractivity contribution in [1.82, 2.24) is 0 Å². The second kappa shape index (κ2) is 4.61. The van der Waals surface area contributed by atoms with Crippen LogP contribution in [0.1, 0.15) is 17.2 Å². The summed E-state index contributed by atoms with van der Waals surface area (Å²) in [5.74, 6) is -0.986. The Labute approximate surface area is 92.3 Å². The van der Waals surface area contributed by atoms with E-state index in [-0.39, 0.29) is 0 Å². The van der Waals surface area contributed by atoms with Crippen LogP contribution in [0.25, 0.3) is 0 Å². The van der Waals surface area contributed by atoms with E-state index in [0.717, 1.165) is 5.56 Å². The highest BCUT2D eigenvalue weighted by atomic mass is 35.5. The molecule has 15 heavy (non-hydrogen) atoms. The number of amides is 1. The van der Waals surface area contributed by atoms with Crippen molar-refractivity contribution in [1.29, 1.82) is 0 Å². The summed E-state index contributed by atoms with van der Waals surface area (Å²) in [5, 5.41) is 19.2. The summed E-state index contributed by atoms with van der Waals surface area (Å²) in [6.07, 6.45) is -3.04. The molecule has 0 aliphatic carbocycles. The van der Waals surface area contributed by atoms with E-state index in [1.165, 1.54) is 6.07 Å². The van der Waals surface area contributed by atoms with Crippen molar-refractivity contribution in [3.05, 3.63) is 34.3 Å². The van der Waals surface area contributed by atoms with Crippen LogP contribution in [0.15, 0.2) is 18.2 Å². The minimum atomic E-state index is -1.65. The molecular formula is C10H12ClNO3. The molecule has 1 aromatic rings. The fourth-order valence-electron chi connectivity index (χ4n) is 1.22. The molecule has 0 bridgehead atoms. The van der Waals surface area contributed by atoms with Crippen LogP contribution in [0.2, 0.25) is 5.02 Å². The zero-order valence-electron chi connectivity index (χ0n) is 8.14. The molecule has 0 saturated heterocycles. The van der Waals surface area contributed by atoms with Gasteiger partial charge in [-0.05, 0) is 12.5 Å². The molecule has 1 amide bonds. The van der Waals surface area contributed by atoms with Crippen LogP contribution in [0.4, 0.5) is 0 Å². The second-order valence-corrected chi connectivity index (χ2v) is 3.65. The fourth-order valence-corrected chi connectivity index (χ4v) is 1.46. The number of hydrogen-bond acceptors (Lipinski definition) is 3. The Balaban J connectivity index is 3.06. The molecule has 0 spiro atoms. The molecular weight excluding hydrogens is 218 g/mol. The van der Waals surface area contributed by atoms with E-state index in [2.05, 4.69) is 0 Å². The lowest BCUT2D eigenvalue weighted by Crippen LogP contribution is -2.34. The van der Waals surface area contributed by atoms with Crippen molar-refractivity contribution < 1.29 is 15.0 Å². The summed E-state index contributed by atoms with van der Waals surface area (Å²) in [4.78, 5) is 10.7. The van der Waals surface area contributed by atoms with E-state index >= 15 is 0 Å². The van der Waals surface area contributed by atoms with Crippen molar-refractivity contribution in [2.45, 2.75) is 19.1 Å². The average molecular weight is 230 g/mol. The molecule has 0 radical (unpaired) electrons. The Morgan fingerprint density at radius 1 is 1.47 bits per heavy atom. The number of carbonyl (C=O) groups is 1. The number of benzene rings is 1. The van der Waals surface area contributed by atoms with E-state index < -0.39 is 18.1 Å². The monoisotopic (exact) mass is 229 g/mol. The number of rotatable bonds is 3. The molecule has 0 saturated carbocycles. The molecule has 0 fully saturated rings. The molecule has 0 aliphatic heterocycles. The van der Waals surface area contributed by atoms with Gasteiger partial charge in [-0.2, -0.15) is 0 Å². The first-order valence-corrected chi connectivity index (χ1v) is 4.73. The minimum Gasteiger partial charge on any atom is -0.385 e. The highest BCUT2D eigenvalue weighted by molar-refractivity contribution is 6.32. The van der Waals surface area contributed by atoms with E-state index in [1.807, 2.05) is 0 Å². The fraction of sp³-hybridized carbons (Fsp3) is 0.300. The molecule has 4 N–H and O–H groups in total. The summed E-state index contributed by atoms with van der Waals surface area (Å²) in [6, 6.07) is 4.97. The maximum absolute atomic E-state index is 10.7. The van der Waals surface area contributed by atoms with Crippen LogP contribution >= 0.6 is 11.6 Å². The lowest BCUT2D eigenvalue weighted by molar-refractivity contribution is -0.131. The zero-order valence-corrected chi connectivity index (χ0v) is 8.90. The molecule has 4 nitrogen and oxygen atoms in total. The second-order valence-electron chi connectivity index (χ2n) is 3.27. The summed E-state index contributed by atoms with van der Waals surface area (Å²) in [7, 11) is 0. The normalized spacial score (nSPS) is 14.7. The lowest BCUT2D eigenvalue weighted by atomic mass is 10.0. The van der Waals surface area contributed by atoms with Crippen LogP contribution in [0, 0.1) is 6.92 Å². The molecule has 0 aromatic heterocycles. The first kappa shape index (κ1) is 12.0. The number of carbonyl (C=O) groups excluding carboxylic acids is 1. The van der Waals surface area contributed by atoms with Gasteiger partial charge in [0.1, 0.15) is 6.10 Å². The topological polar surface area (TPSA) is 83.6 Å². The Bertz CT molecular complexity index is 381. The van der Waals surface area contributed by atoms with Crippen molar-refractivity contribution in [3.8, 4) is 0 Å². The maximum Gasteiger partial charge on any atom is 0.249 e. The molecule has 82 valence electrons. The number of aliphatic hydroxyl groups excluding tert-OH is 2. The summed E-state index contributed by atoms with van der Waals surface area (Å²) >= 11 is 5.91. The molecule has 2 atom stereocenters. The summed E-state index contributed by atoms with van der Waals surface area (Å²) in [5.41, 5.74) is 5.92. The van der Waals surface area contributed by atoms with Crippen molar-refractivity contribution in [3.63, 3.8) is 0 Å². The van der Waals surface area contributed by atoms with Crippen LogP contribution in [-0.4, -0.2) is 22.2 Å². The van der Waals surface area contributed by atoms with E-state index in [9.17, 15) is 15.0 Å². The smallest absolute Gasteiger partial charge is 0.249 e. The predicted octanol–water partition coefficient (Wildman–Crippen LogP) is 0.528. The minimum absolute atomic E-state index is 0.294. The number of halogens is 1. The maximum atomic E-state index is 10.7. The molecule has 0 aliphatic rings. The largest absolute Gasteiger partial charge is 0.385 e. The molecule has 5 heteroatoms. The van der Waals surface area contributed by atoms with Crippen molar-refractivity contribution in [2.24, 2.45) is 5.73 Å². The third kappa shape index (κ3) is 2.47.